The van der Waals surface area contributed by atoms with Crippen LogP contribution in [-0.4, -0.2) is 6.09 Å². The Bertz CT molecular complexity index is 660. The molecule has 2 rings (SSSR count). The van der Waals surface area contributed by atoms with Crippen LogP contribution in [0.5, 0.6) is 0 Å². The first-order chi connectivity index (χ1) is 10.2. The molecule has 2 aromatic carbocycles. The summed E-state index contributed by atoms with van der Waals surface area (Å²) in [5.41, 5.74) is 3.49. The van der Waals surface area contributed by atoms with Crippen molar-refractivity contribution in [3.05, 3.63) is 70.8 Å². The molecule has 0 aromatic heterocycles. The maximum atomic E-state index is 11.6. The van der Waals surface area contributed by atoms with Gasteiger partial charge in [0.25, 0.3) is 0 Å². The lowest BCUT2D eigenvalue weighted by atomic mass is 10.1. The highest BCUT2D eigenvalue weighted by molar-refractivity contribution is 5.67. The molecule has 0 atom stereocenters. The molecule has 2 aromatic rings. The monoisotopic (exact) mass is 280 g/mol. The van der Waals surface area contributed by atoms with Crippen molar-refractivity contribution in [3.63, 3.8) is 0 Å². The highest BCUT2D eigenvalue weighted by Crippen LogP contribution is 2.10. The minimum atomic E-state index is -0.456. The van der Waals surface area contributed by atoms with Crippen molar-refractivity contribution in [2.45, 2.75) is 20.1 Å². The molecule has 0 spiro atoms. The van der Waals surface area contributed by atoms with Crippen molar-refractivity contribution in [3.8, 4) is 6.07 Å². The van der Waals surface area contributed by atoms with Crippen LogP contribution in [0.2, 0.25) is 0 Å². The van der Waals surface area contributed by atoms with Gasteiger partial charge in [-0.05, 0) is 35.7 Å². The molecule has 0 saturated heterocycles. The van der Waals surface area contributed by atoms with Crippen LogP contribution < -0.4 is 5.32 Å². The number of amides is 1. The number of ether oxygens (including phenoxy) is 1. The van der Waals surface area contributed by atoms with Crippen molar-refractivity contribution in [2.24, 2.45) is 0 Å². The number of carbonyl (C=O) groups is 1. The van der Waals surface area contributed by atoms with Gasteiger partial charge >= 0.3 is 6.09 Å². The third-order valence-electron chi connectivity index (χ3n) is 3.11. The van der Waals surface area contributed by atoms with Crippen LogP contribution in [0.15, 0.2) is 48.5 Å². The van der Waals surface area contributed by atoms with Crippen LogP contribution >= 0.6 is 0 Å². The summed E-state index contributed by atoms with van der Waals surface area (Å²) in [6.45, 7) is 2.54. The molecule has 4 heteroatoms. The Hall–Kier alpha value is -2.80. The zero-order valence-electron chi connectivity index (χ0n) is 11.8. The molecule has 0 unspecified atom stereocenters. The molecule has 0 saturated carbocycles. The predicted molar refractivity (Wildman–Crippen MR) is 79.4 cm³/mol. The summed E-state index contributed by atoms with van der Waals surface area (Å²) in [5, 5.41) is 11.5. The maximum Gasteiger partial charge on any atom is 0.407 e. The van der Waals surface area contributed by atoms with E-state index in [-0.39, 0.29) is 6.61 Å². The van der Waals surface area contributed by atoms with Gasteiger partial charge in [-0.3, -0.25) is 0 Å². The van der Waals surface area contributed by atoms with Gasteiger partial charge in [-0.25, -0.2) is 4.79 Å². The minimum absolute atomic E-state index is 0.249. The summed E-state index contributed by atoms with van der Waals surface area (Å²) in [6, 6.07) is 17.0. The summed E-state index contributed by atoms with van der Waals surface area (Å²) < 4.78 is 5.13. The third-order valence-corrected chi connectivity index (χ3v) is 3.11. The number of hydrogen-bond acceptors (Lipinski definition) is 3. The molecule has 0 bridgehead atoms. The molecule has 4 nitrogen and oxygen atoms in total. The third kappa shape index (κ3) is 4.36. The fourth-order valence-corrected chi connectivity index (χ4v) is 1.91. The van der Waals surface area contributed by atoms with Gasteiger partial charge in [0, 0.05) is 6.54 Å². The zero-order valence-corrected chi connectivity index (χ0v) is 11.8. The van der Waals surface area contributed by atoms with E-state index in [2.05, 4.69) is 11.4 Å². The fraction of sp³-hybridized carbons (Fsp3) is 0.176. The molecule has 1 N–H and O–H groups in total. The lowest BCUT2D eigenvalue weighted by Crippen LogP contribution is -2.24. The molecule has 21 heavy (non-hydrogen) atoms. The molecular weight excluding hydrogens is 264 g/mol. The minimum Gasteiger partial charge on any atom is -0.445 e. The second-order valence-electron chi connectivity index (χ2n) is 4.67. The highest BCUT2D eigenvalue weighted by atomic mass is 16.5. The largest absolute Gasteiger partial charge is 0.445 e. The molecule has 0 aliphatic rings. The van der Waals surface area contributed by atoms with Crippen LogP contribution in [-0.2, 0) is 17.9 Å². The molecule has 1 amide bonds. The van der Waals surface area contributed by atoms with E-state index in [9.17, 15) is 4.79 Å². The van der Waals surface area contributed by atoms with Gasteiger partial charge in [0.05, 0.1) is 11.6 Å². The van der Waals surface area contributed by atoms with Gasteiger partial charge in [-0.2, -0.15) is 5.26 Å². The van der Waals surface area contributed by atoms with E-state index in [0.29, 0.717) is 12.1 Å². The predicted octanol–water partition coefficient (Wildman–Crippen LogP) is 3.29. The van der Waals surface area contributed by atoms with E-state index >= 15 is 0 Å². The second-order valence-corrected chi connectivity index (χ2v) is 4.67. The van der Waals surface area contributed by atoms with Crippen molar-refractivity contribution in [2.75, 3.05) is 0 Å². The number of hydrogen-bond donors (Lipinski definition) is 1. The number of nitrogens with zero attached hydrogens (tertiary/aromatic N) is 1. The summed E-state index contributed by atoms with van der Waals surface area (Å²) in [7, 11) is 0. The first-order valence-electron chi connectivity index (χ1n) is 6.63. The maximum absolute atomic E-state index is 11.6. The number of rotatable bonds is 4. The standard InChI is InChI=1S/C17H16N2O2/c1-13-9-15(10-18)7-8-16(13)11-19-17(20)21-12-14-5-3-2-4-6-14/h2-9H,11-12H2,1H3,(H,19,20). The Morgan fingerprint density at radius 3 is 2.67 bits per heavy atom. The van der Waals surface area contributed by atoms with Crippen LogP contribution in [0.3, 0.4) is 0 Å². The lowest BCUT2D eigenvalue weighted by molar-refractivity contribution is 0.139. The number of benzene rings is 2. The van der Waals surface area contributed by atoms with Crippen LogP contribution in [0.4, 0.5) is 4.79 Å². The van der Waals surface area contributed by atoms with Crippen LogP contribution in [0.25, 0.3) is 0 Å². The fourth-order valence-electron chi connectivity index (χ4n) is 1.91. The quantitative estimate of drug-likeness (QED) is 0.934. The van der Waals surface area contributed by atoms with E-state index in [0.717, 1.165) is 16.7 Å². The summed E-state index contributed by atoms with van der Waals surface area (Å²) in [6.07, 6.45) is -0.456. The smallest absolute Gasteiger partial charge is 0.407 e. The van der Waals surface area contributed by atoms with Crippen molar-refractivity contribution < 1.29 is 9.53 Å². The molecule has 0 heterocycles. The molecule has 106 valence electrons. The van der Waals surface area contributed by atoms with Crippen molar-refractivity contribution >= 4 is 6.09 Å². The summed E-state index contributed by atoms with van der Waals surface area (Å²) in [5.74, 6) is 0. The van der Waals surface area contributed by atoms with Gasteiger partial charge in [-0.15, -0.1) is 0 Å². The average Bonchev–Trinajstić information content (AvgIpc) is 2.52. The number of nitriles is 1. The first-order valence-corrected chi connectivity index (χ1v) is 6.63. The lowest BCUT2D eigenvalue weighted by Gasteiger charge is -2.09. The number of aryl methyl sites for hydroxylation is 1. The van der Waals surface area contributed by atoms with E-state index in [1.807, 2.05) is 43.3 Å². The number of nitrogens with one attached hydrogen (secondary N) is 1. The Morgan fingerprint density at radius 2 is 2.00 bits per heavy atom. The number of carbonyl (C=O) groups excluding carboxylic acids is 1. The van der Waals surface area contributed by atoms with Gasteiger partial charge in [0.15, 0.2) is 0 Å². The van der Waals surface area contributed by atoms with Gasteiger partial charge < -0.3 is 10.1 Å². The second kappa shape index (κ2) is 7.11. The molecule has 0 fully saturated rings. The molecule has 0 aliphatic heterocycles. The van der Waals surface area contributed by atoms with E-state index < -0.39 is 6.09 Å². The number of alkyl carbamates (subject to hydrolysis) is 1. The highest BCUT2D eigenvalue weighted by Gasteiger charge is 2.05. The van der Waals surface area contributed by atoms with E-state index in [1.54, 1.807) is 12.1 Å². The van der Waals surface area contributed by atoms with E-state index in [1.165, 1.54) is 0 Å². The first kappa shape index (κ1) is 14.6. The Kier molecular flexibility index (Phi) is 4.94. The average molecular weight is 280 g/mol. The Morgan fingerprint density at radius 1 is 1.24 bits per heavy atom. The van der Waals surface area contributed by atoms with Gasteiger partial charge in [0.2, 0.25) is 0 Å². The topological polar surface area (TPSA) is 62.1 Å². The molecule has 0 radical (unpaired) electrons. The Balaban J connectivity index is 1.83. The van der Waals surface area contributed by atoms with E-state index in [4.69, 9.17) is 10.00 Å². The Labute approximate surface area is 124 Å². The van der Waals surface area contributed by atoms with Crippen molar-refractivity contribution in [1.82, 2.24) is 5.32 Å². The normalized spacial score (nSPS) is 9.71. The molecule has 0 aliphatic carbocycles. The molecular formula is C17H16N2O2. The van der Waals surface area contributed by atoms with Gasteiger partial charge in [0.1, 0.15) is 6.61 Å². The summed E-state index contributed by atoms with van der Waals surface area (Å²) >= 11 is 0. The SMILES string of the molecule is Cc1cc(C#N)ccc1CNC(=O)OCc1ccccc1. The van der Waals surface area contributed by atoms with Gasteiger partial charge in [-0.1, -0.05) is 36.4 Å². The van der Waals surface area contributed by atoms with Crippen LogP contribution in [0.1, 0.15) is 22.3 Å². The van der Waals surface area contributed by atoms with Crippen LogP contribution in [0, 0.1) is 18.3 Å². The zero-order chi connectivity index (χ0) is 15.1. The summed E-state index contributed by atoms with van der Waals surface area (Å²) in [4.78, 5) is 11.6. The van der Waals surface area contributed by atoms with Crippen molar-refractivity contribution in [1.29, 1.82) is 5.26 Å².